The molecule has 1 aliphatic heterocycles. The smallest absolute Gasteiger partial charge is 0.0333 e. The van der Waals surface area contributed by atoms with E-state index in [1.807, 2.05) is 0 Å². The summed E-state index contributed by atoms with van der Waals surface area (Å²) in [6.45, 7) is 17.5. The maximum Gasteiger partial charge on any atom is 0.0333 e. The summed E-state index contributed by atoms with van der Waals surface area (Å²) in [7, 11) is 0. The van der Waals surface area contributed by atoms with Gasteiger partial charge in [0.2, 0.25) is 0 Å². The van der Waals surface area contributed by atoms with E-state index >= 15 is 0 Å². The summed E-state index contributed by atoms with van der Waals surface area (Å²) in [6, 6.07) is 0.678. The van der Waals surface area contributed by atoms with Crippen molar-refractivity contribution in [2.24, 2.45) is 17.1 Å². The van der Waals surface area contributed by atoms with Gasteiger partial charge >= 0.3 is 0 Å². The lowest BCUT2D eigenvalue weighted by Crippen LogP contribution is -2.62. The van der Waals surface area contributed by atoms with Gasteiger partial charge in [-0.1, -0.05) is 20.8 Å². The lowest BCUT2D eigenvalue weighted by atomic mass is 9.66. The Balaban J connectivity index is 1.95. The zero-order chi connectivity index (χ0) is 15.7. The second-order valence-electron chi connectivity index (χ2n) is 8.69. The molecule has 2 rings (SSSR count). The molecule has 21 heavy (non-hydrogen) atoms. The van der Waals surface area contributed by atoms with Crippen molar-refractivity contribution in [1.29, 1.82) is 0 Å². The van der Waals surface area contributed by atoms with Gasteiger partial charge in [0.05, 0.1) is 0 Å². The van der Waals surface area contributed by atoms with E-state index in [4.69, 9.17) is 5.73 Å². The third kappa shape index (κ3) is 3.80. The highest BCUT2D eigenvalue weighted by Crippen LogP contribution is 2.43. The predicted octanol–water partition coefficient (Wildman–Crippen LogP) is 2.95. The van der Waals surface area contributed by atoms with Crippen LogP contribution < -0.4 is 5.73 Å². The maximum absolute atomic E-state index is 6.26. The van der Waals surface area contributed by atoms with Crippen molar-refractivity contribution in [1.82, 2.24) is 9.80 Å². The predicted molar refractivity (Wildman–Crippen MR) is 91.5 cm³/mol. The van der Waals surface area contributed by atoms with Crippen LogP contribution in [0.4, 0.5) is 0 Å². The summed E-state index contributed by atoms with van der Waals surface area (Å²) in [6.07, 6.45) is 5.30. The fourth-order valence-corrected chi connectivity index (χ4v) is 4.38. The standard InChI is InChI=1S/C18H37N3/c1-15(2)20-10-12-21(13-11-20)18(14-19)8-6-16(7-9-18)17(3,4)5/h15-16H,6-14,19H2,1-5H3. The van der Waals surface area contributed by atoms with Crippen molar-refractivity contribution in [3.63, 3.8) is 0 Å². The number of piperazine rings is 1. The van der Waals surface area contributed by atoms with Crippen LogP contribution in [0.3, 0.4) is 0 Å². The second kappa shape index (κ2) is 6.55. The van der Waals surface area contributed by atoms with Crippen LogP contribution in [-0.2, 0) is 0 Å². The fraction of sp³-hybridized carbons (Fsp3) is 1.00. The number of nitrogens with zero attached hydrogens (tertiary/aromatic N) is 2. The molecule has 0 radical (unpaired) electrons. The fourth-order valence-electron chi connectivity index (χ4n) is 4.38. The second-order valence-corrected chi connectivity index (χ2v) is 8.69. The van der Waals surface area contributed by atoms with E-state index in [1.54, 1.807) is 0 Å². The molecule has 1 heterocycles. The SMILES string of the molecule is CC(C)N1CCN(C2(CN)CCC(C(C)(C)C)CC2)CC1. The summed E-state index contributed by atoms with van der Waals surface area (Å²) in [5.41, 5.74) is 7.01. The summed E-state index contributed by atoms with van der Waals surface area (Å²) in [4.78, 5) is 5.33. The first kappa shape index (κ1) is 17.2. The number of hydrogen-bond donors (Lipinski definition) is 1. The molecule has 3 nitrogen and oxygen atoms in total. The Morgan fingerprint density at radius 3 is 1.95 bits per heavy atom. The number of nitrogens with two attached hydrogens (primary N) is 1. The van der Waals surface area contributed by atoms with E-state index in [0.29, 0.717) is 17.0 Å². The van der Waals surface area contributed by atoms with Crippen molar-refractivity contribution < 1.29 is 0 Å². The summed E-state index contributed by atoms with van der Waals surface area (Å²) in [5, 5.41) is 0. The molecule has 0 aromatic carbocycles. The van der Waals surface area contributed by atoms with Crippen molar-refractivity contribution in [3.8, 4) is 0 Å². The van der Waals surface area contributed by atoms with Crippen LogP contribution in [0, 0.1) is 11.3 Å². The minimum atomic E-state index is 0.296. The highest BCUT2D eigenvalue weighted by atomic mass is 15.3. The van der Waals surface area contributed by atoms with Gasteiger partial charge in [-0.15, -0.1) is 0 Å². The lowest BCUT2D eigenvalue weighted by molar-refractivity contribution is -0.0145. The van der Waals surface area contributed by atoms with Gasteiger partial charge < -0.3 is 5.73 Å². The van der Waals surface area contributed by atoms with E-state index in [-0.39, 0.29) is 0 Å². The molecule has 0 aromatic rings. The molecule has 0 aromatic heterocycles. The first-order valence-corrected chi connectivity index (χ1v) is 8.98. The topological polar surface area (TPSA) is 32.5 Å². The molecule has 124 valence electrons. The van der Waals surface area contributed by atoms with E-state index < -0.39 is 0 Å². The Morgan fingerprint density at radius 1 is 1.05 bits per heavy atom. The zero-order valence-electron chi connectivity index (χ0n) is 15.0. The highest BCUT2D eigenvalue weighted by Gasteiger charge is 2.42. The molecule has 2 fully saturated rings. The molecule has 1 saturated carbocycles. The highest BCUT2D eigenvalue weighted by molar-refractivity contribution is 4.99. The normalized spacial score (nSPS) is 33.6. The van der Waals surface area contributed by atoms with Crippen LogP contribution in [0.25, 0.3) is 0 Å². The molecule has 0 bridgehead atoms. The lowest BCUT2D eigenvalue weighted by Gasteiger charge is -2.52. The molecule has 0 unspecified atom stereocenters. The molecule has 1 saturated heterocycles. The maximum atomic E-state index is 6.26. The molecular weight excluding hydrogens is 258 g/mol. The molecular formula is C18H37N3. The van der Waals surface area contributed by atoms with E-state index in [1.165, 1.54) is 51.9 Å². The van der Waals surface area contributed by atoms with Gasteiger partial charge in [-0.2, -0.15) is 0 Å². The molecule has 2 aliphatic rings. The molecule has 3 heteroatoms. The Labute approximate surface area is 132 Å². The average molecular weight is 296 g/mol. The Bertz CT molecular complexity index is 316. The Kier molecular flexibility index (Phi) is 5.38. The van der Waals surface area contributed by atoms with Gasteiger partial charge in [0.1, 0.15) is 0 Å². The summed E-state index contributed by atoms with van der Waals surface area (Å²) >= 11 is 0. The third-order valence-electron chi connectivity index (χ3n) is 6.24. The first-order chi connectivity index (χ1) is 9.78. The summed E-state index contributed by atoms with van der Waals surface area (Å²) in [5.74, 6) is 0.870. The van der Waals surface area contributed by atoms with Crippen molar-refractivity contribution in [2.75, 3.05) is 32.7 Å². The van der Waals surface area contributed by atoms with Gasteiger partial charge in [-0.3, -0.25) is 9.80 Å². The van der Waals surface area contributed by atoms with Crippen LogP contribution in [0.1, 0.15) is 60.3 Å². The minimum Gasteiger partial charge on any atom is -0.329 e. The number of hydrogen-bond acceptors (Lipinski definition) is 3. The van der Waals surface area contributed by atoms with Gasteiger partial charge in [0, 0.05) is 44.3 Å². The average Bonchev–Trinajstić information content (AvgIpc) is 2.46. The van der Waals surface area contributed by atoms with Gasteiger partial charge in [-0.05, 0) is 50.9 Å². The van der Waals surface area contributed by atoms with Crippen molar-refractivity contribution in [2.45, 2.75) is 71.9 Å². The quantitative estimate of drug-likeness (QED) is 0.869. The third-order valence-corrected chi connectivity index (χ3v) is 6.24. The minimum absolute atomic E-state index is 0.296. The monoisotopic (exact) mass is 295 g/mol. The van der Waals surface area contributed by atoms with E-state index in [0.717, 1.165) is 12.5 Å². The Hall–Kier alpha value is -0.120. The van der Waals surface area contributed by atoms with E-state index in [9.17, 15) is 0 Å². The van der Waals surface area contributed by atoms with Gasteiger partial charge in [0.25, 0.3) is 0 Å². The Morgan fingerprint density at radius 2 is 1.57 bits per heavy atom. The largest absolute Gasteiger partial charge is 0.329 e. The molecule has 0 spiro atoms. The van der Waals surface area contributed by atoms with Gasteiger partial charge in [-0.25, -0.2) is 0 Å². The summed E-state index contributed by atoms with van der Waals surface area (Å²) < 4.78 is 0. The number of rotatable bonds is 3. The van der Waals surface area contributed by atoms with Crippen LogP contribution in [0.15, 0.2) is 0 Å². The molecule has 2 N–H and O–H groups in total. The zero-order valence-corrected chi connectivity index (χ0v) is 15.0. The first-order valence-electron chi connectivity index (χ1n) is 8.98. The molecule has 0 atom stereocenters. The molecule has 1 aliphatic carbocycles. The van der Waals surface area contributed by atoms with Crippen LogP contribution >= 0.6 is 0 Å². The van der Waals surface area contributed by atoms with Gasteiger partial charge in [0.15, 0.2) is 0 Å². The van der Waals surface area contributed by atoms with Crippen LogP contribution in [0.5, 0.6) is 0 Å². The molecule has 0 amide bonds. The van der Waals surface area contributed by atoms with Crippen molar-refractivity contribution in [3.05, 3.63) is 0 Å². The van der Waals surface area contributed by atoms with E-state index in [2.05, 4.69) is 44.4 Å². The van der Waals surface area contributed by atoms with Crippen LogP contribution in [0.2, 0.25) is 0 Å². The van der Waals surface area contributed by atoms with Crippen LogP contribution in [-0.4, -0.2) is 54.1 Å². The van der Waals surface area contributed by atoms with Crippen molar-refractivity contribution >= 4 is 0 Å².